The molecule has 0 N–H and O–H groups in total. The van der Waals surface area contributed by atoms with Crippen molar-refractivity contribution in [3.05, 3.63) is 29.8 Å². The van der Waals surface area contributed by atoms with Gasteiger partial charge in [0.1, 0.15) is 11.5 Å². The Bertz CT molecular complexity index is 357. The number of methoxy groups -OCH3 is 1. The van der Waals surface area contributed by atoms with Crippen LogP contribution in [0.4, 0.5) is 0 Å². The Morgan fingerprint density at radius 2 is 1.69 bits per heavy atom. The van der Waals surface area contributed by atoms with Gasteiger partial charge in [-0.3, -0.25) is 4.79 Å². The van der Waals surface area contributed by atoms with Gasteiger partial charge in [0.25, 0.3) is 0 Å². The van der Waals surface area contributed by atoms with Gasteiger partial charge in [-0.15, -0.1) is 0 Å². The van der Waals surface area contributed by atoms with Crippen molar-refractivity contribution in [1.82, 2.24) is 0 Å². The number of hydrogen-bond donors (Lipinski definition) is 0. The minimum absolute atomic E-state index is 0.0551. The summed E-state index contributed by atoms with van der Waals surface area (Å²) >= 11 is 0. The number of ether oxygens (including phenoxy) is 1. The van der Waals surface area contributed by atoms with Crippen LogP contribution in [-0.2, 0) is 4.79 Å². The number of carbonyl (C=O) groups is 1. The zero-order valence-electron chi connectivity index (χ0n) is 10.7. The van der Waals surface area contributed by atoms with Gasteiger partial charge in [0.2, 0.25) is 0 Å². The van der Waals surface area contributed by atoms with E-state index in [4.69, 9.17) is 4.74 Å². The molecule has 16 heavy (non-hydrogen) atoms. The molecular formula is C14H20O2. The van der Waals surface area contributed by atoms with Gasteiger partial charge in [0, 0.05) is 5.92 Å². The molecule has 0 aromatic heterocycles. The molecule has 0 amide bonds. The van der Waals surface area contributed by atoms with Crippen LogP contribution in [0.3, 0.4) is 0 Å². The molecule has 1 atom stereocenters. The van der Waals surface area contributed by atoms with Crippen molar-refractivity contribution in [2.24, 2.45) is 5.41 Å². The molecule has 0 radical (unpaired) electrons. The van der Waals surface area contributed by atoms with E-state index in [2.05, 4.69) is 20.8 Å². The molecule has 0 fully saturated rings. The van der Waals surface area contributed by atoms with Crippen molar-refractivity contribution in [3.8, 4) is 5.75 Å². The Hall–Kier alpha value is -1.31. The number of Topliss-reactive ketones (excluding diaryl/α,β-unsaturated/α-hetero) is 1. The van der Waals surface area contributed by atoms with Crippen LogP contribution < -0.4 is 4.74 Å². The molecule has 2 heteroatoms. The molecule has 88 valence electrons. The summed E-state index contributed by atoms with van der Waals surface area (Å²) in [5, 5.41) is 0. The standard InChI is InChI=1S/C14H20O2/c1-10(15)13(14(2,3)4)11-6-8-12(16-5)9-7-11/h6-9,13H,1-5H3. The van der Waals surface area contributed by atoms with Crippen LogP contribution >= 0.6 is 0 Å². The van der Waals surface area contributed by atoms with Gasteiger partial charge < -0.3 is 4.74 Å². The molecule has 2 nitrogen and oxygen atoms in total. The van der Waals surface area contributed by atoms with Crippen molar-refractivity contribution in [2.75, 3.05) is 7.11 Å². The predicted molar refractivity (Wildman–Crippen MR) is 65.9 cm³/mol. The van der Waals surface area contributed by atoms with Crippen LogP contribution in [-0.4, -0.2) is 12.9 Å². The summed E-state index contributed by atoms with van der Waals surface area (Å²) < 4.78 is 5.11. The summed E-state index contributed by atoms with van der Waals surface area (Å²) in [5.41, 5.74) is 1.00. The smallest absolute Gasteiger partial charge is 0.137 e. The van der Waals surface area contributed by atoms with E-state index in [1.807, 2.05) is 24.3 Å². The minimum Gasteiger partial charge on any atom is -0.497 e. The second kappa shape index (κ2) is 4.69. The van der Waals surface area contributed by atoms with Gasteiger partial charge in [-0.2, -0.15) is 0 Å². The van der Waals surface area contributed by atoms with Crippen molar-refractivity contribution in [3.63, 3.8) is 0 Å². The second-order valence-corrected chi connectivity index (χ2v) is 5.18. The quantitative estimate of drug-likeness (QED) is 0.780. The van der Waals surface area contributed by atoms with Gasteiger partial charge in [-0.25, -0.2) is 0 Å². The van der Waals surface area contributed by atoms with Crippen LogP contribution in [0.5, 0.6) is 5.75 Å². The molecule has 0 aliphatic carbocycles. The molecule has 0 saturated carbocycles. The van der Waals surface area contributed by atoms with Crippen LogP contribution in [0.1, 0.15) is 39.2 Å². The van der Waals surface area contributed by atoms with Crippen molar-refractivity contribution >= 4 is 5.78 Å². The first-order valence-electron chi connectivity index (χ1n) is 5.50. The van der Waals surface area contributed by atoms with Crippen molar-refractivity contribution in [1.29, 1.82) is 0 Å². The van der Waals surface area contributed by atoms with Gasteiger partial charge in [0.05, 0.1) is 7.11 Å². The van der Waals surface area contributed by atoms with Gasteiger partial charge >= 0.3 is 0 Å². The lowest BCUT2D eigenvalue weighted by atomic mass is 9.74. The fraction of sp³-hybridized carbons (Fsp3) is 0.500. The summed E-state index contributed by atoms with van der Waals surface area (Å²) in [4.78, 5) is 11.7. The van der Waals surface area contributed by atoms with Crippen LogP contribution in [0.25, 0.3) is 0 Å². The molecule has 1 aromatic rings. The average Bonchev–Trinajstić information content (AvgIpc) is 2.16. The van der Waals surface area contributed by atoms with Crippen LogP contribution in [0.2, 0.25) is 0 Å². The Morgan fingerprint density at radius 1 is 1.19 bits per heavy atom. The van der Waals surface area contributed by atoms with E-state index >= 15 is 0 Å². The number of carbonyl (C=O) groups excluding carboxylic acids is 1. The first-order chi connectivity index (χ1) is 7.36. The summed E-state index contributed by atoms with van der Waals surface area (Å²) in [5.74, 6) is 0.969. The Morgan fingerprint density at radius 3 is 2.00 bits per heavy atom. The van der Waals surface area contributed by atoms with Crippen molar-refractivity contribution < 1.29 is 9.53 Å². The zero-order valence-corrected chi connectivity index (χ0v) is 10.7. The number of benzene rings is 1. The molecule has 0 heterocycles. The first-order valence-corrected chi connectivity index (χ1v) is 5.50. The van der Waals surface area contributed by atoms with E-state index in [1.165, 1.54) is 0 Å². The molecule has 1 rings (SSSR count). The van der Waals surface area contributed by atoms with E-state index in [0.717, 1.165) is 11.3 Å². The molecule has 0 spiro atoms. The Balaban J connectivity index is 3.07. The lowest BCUT2D eigenvalue weighted by Crippen LogP contribution is -2.24. The highest BCUT2D eigenvalue weighted by Crippen LogP contribution is 2.36. The van der Waals surface area contributed by atoms with Crippen LogP contribution in [0.15, 0.2) is 24.3 Å². The SMILES string of the molecule is COc1ccc(C(C(C)=O)C(C)(C)C)cc1. The highest BCUT2D eigenvalue weighted by atomic mass is 16.5. The predicted octanol–water partition coefficient (Wildman–Crippen LogP) is 3.41. The monoisotopic (exact) mass is 220 g/mol. The summed E-state index contributed by atoms with van der Waals surface area (Å²) in [6.45, 7) is 7.91. The molecule has 0 aliphatic heterocycles. The minimum atomic E-state index is -0.0570. The maximum absolute atomic E-state index is 11.7. The Kier molecular flexibility index (Phi) is 3.74. The topological polar surface area (TPSA) is 26.3 Å². The molecule has 0 aliphatic rings. The van der Waals surface area contributed by atoms with E-state index in [9.17, 15) is 4.79 Å². The number of ketones is 1. The third-order valence-corrected chi connectivity index (χ3v) is 2.72. The molecule has 0 saturated heterocycles. The summed E-state index contributed by atoms with van der Waals surface area (Å²) in [7, 11) is 1.64. The molecule has 0 bridgehead atoms. The normalized spacial score (nSPS) is 13.3. The maximum atomic E-state index is 11.7. The van der Waals surface area contributed by atoms with Gasteiger partial charge in [-0.1, -0.05) is 32.9 Å². The molecule has 1 aromatic carbocycles. The Labute approximate surface area is 97.6 Å². The summed E-state index contributed by atoms with van der Waals surface area (Å²) in [6, 6.07) is 7.74. The fourth-order valence-corrected chi connectivity index (χ4v) is 2.14. The zero-order chi connectivity index (χ0) is 12.3. The molecular weight excluding hydrogens is 200 g/mol. The average molecular weight is 220 g/mol. The lowest BCUT2D eigenvalue weighted by molar-refractivity contribution is -0.120. The lowest BCUT2D eigenvalue weighted by Gasteiger charge is -2.29. The maximum Gasteiger partial charge on any atom is 0.137 e. The number of hydrogen-bond acceptors (Lipinski definition) is 2. The van der Waals surface area contributed by atoms with E-state index < -0.39 is 0 Å². The largest absolute Gasteiger partial charge is 0.497 e. The third-order valence-electron chi connectivity index (χ3n) is 2.72. The van der Waals surface area contributed by atoms with E-state index in [1.54, 1.807) is 14.0 Å². The third kappa shape index (κ3) is 2.84. The highest BCUT2D eigenvalue weighted by molar-refractivity contribution is 5.84. The van der Waals surface area contributed by atoms with Gasteiger partial charge in [0.15, 0.2) is 0 Å². The fourth-order valence-electron chi connectivity index (χ4n) is 2.14. The molecule has 1 unspecified atom stereocenters. The summed E-state index contributed by atoms with van der Waals surface area (Å²) in [6.07, 6.45) is 0. The highest BCUT2D eigenvalue weighted by Gasteiger charge is 2.29. The van der Waals surface area contributed by atoms with Gasteiger partial charge in [-0.05, 0) is 30.0 Å². The number of rotatable bonds is 3. The van der Waals surface area contributed by atoms with Crippen LogP contribution in [0, 0.1) is 5.41 Å². The first kappa shape index (κ1) is 12.8. The van der Waals surface area contributed by atoms with E-state index in [-0.39, 0.29) is 17.1 Å². The second-order valence-electron chi connectivity index (χ2n) is 5.18. The van der Waals surface area contributed by atoms with Crippen molar-refractivity contribution in [2.45, 2.75) is 33.6 Å². The van der Waals surface area contributed by atoms with E-state index in [0.29, 0.717) is 0 Å².